The number of ether oxygens (including phenoxy) is 2. The van der Waals surface area contributed by atoms with Crippen LogP contribution in [0.4, 0.5) is 0 Å². The fraction of sp³-hybridized carbons (Fsp3) is 0.467. The molecule has 0 unspecified atom stereocenters. The predicted octanol–water partition coefficient (Wildman–Crippen LogP) is 1.91. The summed E-state index contributed by atoms with van der Waals surface area (Å²) in [5.41, 5.74) is 0.512. The highest BCUT2D eigenvalue weighted by molar-refractivity contribution is 7.12. The molecule has 2 aliphatic heterocycles. The number of aromatic nitrogens is 2. The van der Waals surface area contributed by atoms with Crippen molar-refractivity contribution >= 4 is 17.2 Å². The van der Waals surface area contributed by atoms with Crippen molar-refractivity contribution in [2.45, 2.75) is 18.6 Å². The number of carbonyl (C=O) groups excluding carboxylic acids is 1. The number of carbonyl (C=O) groups is 1. The maximum absolute atomic E-state index is 12.6. The van der Waals surface area contributed by atoms with Crippen LogP contribution in [0, 0.1) is 0 Å². The summed E-state index contributed by atoms with van der Waals surface area (Å²) >= 11 is 1.47. The van der Waals surface area contributed by atoms with Crippen LogP contribution in [0.2, 0.25) is 0 Å². The van der Waals surface area contributed by atoms with Crippen molar-refractivity contribution in [3.8, 4) is 5.13 Å². The molecule has 4 heterocycles. The third-order valence-corrected chi connectivity index (χ3v) is 5.02. The van der Waals surface area contributed by atoms with E-state index in [1.54, 1.807) is 0 Å². The third-order valence-electron chi connectivity index (χ3n) is 4.16. The Labute approximate surface area is 132 Å². The van der Waals surface area contributed by atoms with Crippen molar-refractivity contribution in [2.75, 3.05) is 26.3 Å². The lowest BCUT2D eigenvalue weighted by atomic mass is 10.0. The van der Waals surface area contributed by atoms with Gasteiger partial charge in [-0.2, -0.15) is 0 Å². The molecule has 4 rings (SSSR count). The minimum absolute atomic E-state index is 0.0116. The summed E-state index contributed by atoms with van der Waals surface area (Å²) in [6.45, 7) is 2.60. The number of nitrogens with zero attached hydrogens (tertiary/aromatic N) is 3. The molecule has 2 saturated heterocycles. The number of amides is 1. The van der Waals surface area contributed by atoms with E-state index in [0.29, 0.717) is 32.0 Å². The van der Waals surface area contributed by atoms with Crippen LogP contribution in [-0.4, -0.2) is 52.4 Å². The molecule has 0 N–H and O–H groups in total. The van der Waals surface area contributed by atoms with Crippen LogP contribution in [0.3, 0.4) is 0 Å². The summed E-state index contributed by atoms with van der Waals surface area (Å²) in [4.78, 5) is 18.8. The van der Waals surface area contributed by atoms with Gasteiger partial charge in [0, 0.05) is 43.7 Å². The first kappa shape index (κ1) is 13.9. The van der Waals surface area contributed by atoms with Crippen LogP contribution in [-0.2, 0) is 9.47 Å². The van der Waals surface area contributed by atoms with E-state index >= 15 is 0 Å². The molecule has 0 aromatic carbocycles. The molecule has 2 aliphatic rings. The smallest absolute Gasteiger partial charge is 0.273 e. The van der Waals surface area contributed by atoms with Gasteiger partial charge in [-0.05, 0) is 12.1 Å². The van der Waals surface area contributed by atoms with Crippen LogP contribution in [0.5, 0.6) is 0 Å². The highest BCUT2D eigenvalue weighted by Crippen LogP contribution is 2.31. The highest BCUT2D eigenvalue weighted by Gasteiger charge is 2.41. The molecule has 0 atom stereocenters. The summed E-state index contributed by atoms with van der Waals surface area (Å²) < 4.78 is 13.3. The van der Waals surface area contributed by atoms with Gasteiger partial charge >= 0.3 is 0 Å². The van der Waals surface area contributed by atoms with Crippen LogP contribution in [0.1, 0.15) is 23.3 Å². The van der Waals surface area contributed by atoms with Gasteiger partial charge in [0.2, 0.25) is 0 Å². The number of piperidine rings is 1. The molecule has 0 saturated carbocycles. The van der Waals surface area contributed by atoms with Crippen molar-refractivity contribution < 1.29 is 14.3 Å². The Bertz CT molecular complexity index is 651. The van der Waals surface area contributed by atoms with Crippen molar-refractivity contribution in [3.63, 3.8) is 0 Å². The molecule has 0 bridgehead atoms. The van der Waals surface area contributed by atoms with Crippen molar-refractivity contribution in [2.24, 2.45) is 0 Å². The predicted molar refractivity (Wildman–Crippen MR) is 81.2 cm³/mol. The zero-order valence-electron chi connectivity index (χ0n) is 12.1. The first-order chi connectivity index (χ1) is 10.8. The Balaban J connectivity index is 1.44. The Hall–Kier alpha value is -1.70. The van der Waals surface area contributed by atoms with Crippen LogP contribution in [0.15, 0.2) is 29.9 Å². The number of hydrogen-bond acceptors (Lipinski definition) is 5. The molecule has 0 aliphatic carbocycles. The molecule has 2 aromatic rings. The molecule has 2 fully saturated rings. The lowest BCUT2D eigenvalue weighted by Crippen LogP contribution is -2.47. The van der Waals surface area contributed by atoms with E-state index < -0.39 is 5.79 Å². The second-order valence-corrected chi connectivity index (χ2v) is 6.34. The first-order valence-electron chi connectivity index (χ1n) is 7.42. The Kier molecular flexibility index (Phi) is 3.48. The lowest BCUT2D eigenvalue weighted by Gasteiger charge is -2.37. The topological polar surface area (TPSA) is 56.6 Å². The average molecular weight is 319 g/mol. The van der Waals surface area contributed by atoms with E-state index in [-0.39, 0.29) is 5.91 Å². The standard InChI is InChI=1S/C15H17N3O3S/c19-13(12-11-22-14(16-12)18-5-1-2-6-18)17-7-3-15(4-8-17)20-9-10-21-15/h1-2,5-6,11H,3-4,7-10H2. The van der Waals surface area contributed by atoms with E-state index in [1.165, 1.54) is 11.3 Å². The molecular formula is C15H17N3O3S. The molecule has 7 heteroatoms. The summed E-state index contributed by atoms with van der Waals surface area (Å²) in [6, 6.07) is 3.88. The Morgan fingerprint density at radius 1 is 1.18 bits per heavy atom. The fourth-order valence-electron chi connectivity index (χ4n) is 2.94. The van der Waals surface area contributed by atoms with Gasteiger partial charge in [-0.25, -0.2) is 4.98 Å². The molecule has 22 heavy (non-hydrogen) atoms. The molecule has 1 amide bonds. The van der Waals surface area contributed by atoms with Gasteiger partial charge in [0.15, 0.2) is 10.9 Å². The Morgan fingerprint density at radius 3 is 2.55 bits per heavy atom. The quantitative estimate of drug-likeness (QED) is 0.848. The maximum Gasteiger partial charge on any atom is 0.273 e. The largest absolute Gasteiger partial charge is 0.347 e. The van der Waals surface area contributed by atoms with Gasteiger partial charge in [-0.3, -0.25) is 4.79 Å². The van der Waals surface area contributed by atoms with E-state index in [9.17, 15) is 4.79 Å². The zero-order chi connectivity index (χ0) is 15.0. The molecule has 6 nitrogen and oxygen atoms in total. The summed E-state index contributed by atoms with van der Waals surface area (Å²) in [7, 11) is 0. The van der Waals surface area contributed by atoms with Gasteiger partial charge in [0.05, 0.1) is 13.2 Å². The number of thiazole rings is 1. The van der Waals surface area contributed by atoms with Gasteiger partial charge in [0.25, 0.3) is 5.91 Å². The second kappa shape index (κ2) is 5.49. The summed E-state index contributed by atoms with van der Waals surface area (Å²) in [6.07, 6.45) is 5.31. The SMILES string of the molecule is O=C(c1csc(-n2cccc2)n1)N1CCC2(CC1)OCCO2. The number of rotatable bonds is 2. The highest BCUT2D eigenvalue weighted by atomic mass is 32.1. The van der Waals surface area contributed by atoms with Gasteiger partial charge in [-0.1, -0.05) is 0 Å². The van der Waals surface area contributed by atoms with Crippen molar-refractivity contribution in [1.82, 2.24) is 14.5 Å². The summed E-state index contributed by atoms with van der Waals surface area (Å²) in [5, 5.41) is 2.63. The average Bonchev–Trinajstić information content (AvgIpc) is 3.29. The molecule has 0 radical (unpaired) electrons. The monoisotopic (exact) mass is 319 g/mol. The fourth-order valence-corrected chi connectivity index (χ4v) is 3.71. The van der Waals surface area contributed by atoms with Crippen LogP contribution < -0.4 is 0 Å². The van der Waals surface area contributed by atoms with Crippen molar-refractivity contribution in [1.29, 1.82) is 0 Å². The number of hydrogen-bond donors (Lipinski definition) is 0. The molecular weight excluding hydrogens is 302 g/mol. The second-order valence-electron chi connectivity index (χ2n) is 5.51. The van der Waals surface area contributed by atoms with Gasteiger partial charge in [0.1, 0.15) is 5.69 Å². The van der Waals surface area contributed by atoms with Gasteiger partial charge in [-0.15, -0.1) is 11.3 Å². The van der Waals surface area contributed by atoms with E-state index in [1.807, 2.05) is 39.4 Å². The van der Waals surface area contributed by atoms with Crippen molar-refractivity contribution in [3.05, 3.63) is 35.6 Å². The van der Waals surface area contributed by atoms with Gasteiger partial charge < -0.3 is 18.9 Å². The van der Waals surface area contributed by atoms with E-state index in [2.05, 4.69) is 4.98 Å². The molecule has 2 aromatic heterocycles. The maximum atomic E-state index is 12.6. The zero-order valence-corrected chi connectivity index (χ0v) is 12.9. The van der Waals surface area contributed by atoms with E-state index in [0.717, 1.165) is 18.0 Å². The third kappa shape index (κ3) is 2.45. The Morgan fingerprint density at radius 2 is 1.86 bits per heavy atom. The summed E-state index contributed by atoms with van der Waals surface area (Å²) in [5.74, 6) is -0.461. The lowest BCUT2D eigenvalue weighted by molar-refractivity contribution is -0.181. The first-order valence-corrected chi connectivity index (χ1v) is 8.30. The van der Waals surface area contributed by atoms with E-state index in [4.69, 9.17) is 9.47 Å². The van der Waals surface area contributed by atoms with Crippen LogP contribution in [0.25, 0.3) is 5.13 Å². The molecule has 116 valence electrons. The normalized spacial score (nSPS) is 20.6. The minimum atomic E-state index is -0.449. The number of likely N-dealkylation sites (tertiary alicyclic amines) is 1. The molecule has 1 spiro atoms. The minimum Gasteiger partial charge on any atom is -0.347 e. The van der Waals surface area contributed by atoms with Crippen LogP contribution >= 0.6 is 11.3 Å².